The van der Waals surface area contributed by atoms with Crippen molar-refractivity contribution in [2.24, 2.45) is 4.99 Å². The fourth-order valence-electron chi connectivity index (χ4n) is 2.63. The first-order chi connectivity index (χ1) is 16.4. The van der Waals surface area contributed by atoms with E-state index in [1.54, 1.807) is 43.7 Å². The van der Waals surface area contributed by atoms with E-state index >= 15 is 0 Å². The number of carbonyl (C=O) groups excluding carboxylic acids is 1. The fraction of sp³-hybridized carbons (Fsp3) is 0.375. The molecule has 2 N–H and O–H groups in total. The molecule has 0 radical (unpaired) electrons. The number of amides is 1. The van der Waals surface area contributed by atoms with Crippen LogP contribution in [0.2, 0.25) is 0 Å². The third-order valence-electron chi connectivity index (χ3n) is 4.75. The second-order valence-electron chi connectivity index (χ2n) is 7.27. The van der Waals surface area contributed by atoms with Crippen LogP contribution in [-0.2, 0) is 9.53 Å². The van der Waals surface area contributed by atoms with E-state index in [-0.39, 0.29) is 12.5 Å². The van der Waals surface area contributed by atoms with Gasteiger partial charge in [-0.15, -0.1) is 0 Å². The summed E-state index contributed by atoms with van der Waals surface area (Å²) in [5, 5.41) is 14.9. The Bertz CT molecular complexity index is 989. The molecule has 7 nitrogen and oxygen atoms in total. The topological polar surface area (TPSA) is 87.1 Å². The molecular weight excluding hydrogens is 536 g/mol. The van der Waals surface area contributed by atoms with E-state index in [4.69, 9.17) is 9.84 Å². The number of rotatable bonds is 8. The van der Waals surface area contributed by atoms with Gasteiger partial charge in [-0.05, 0) is 58.5 Å². The summed E-state index contributed by atoms with van der Waals surface area (Å²) < 4.78 is 5.77. The van der Waals surface area contributed by atoms with Crippen LogP contribution < -0.4 is 5.32 Å². The Labute approximate surface area is 218 Å². The monoisotopic (exact) mass is 566 g/mol. The minimum absolute atomic E-state index is 0.0152. The molecular formula is C24H31BrN4O3S2. The molecule has 1 atom stereocenters. The van der Waals surface area contributed by atoms with Gasteiger partial charge in [0.15, 0.2) is 5.17 Å². The van der Waals surface area contributed by atoms with Crippen molar-refractivity contribution in [3.8, 4) is 0 Å². The molecule has 1 aliphatic heterocycles. The van der Waals surface area contributed by atoms with E-state index in [2.05, 4.69) is 61.8 Å². The van der Waals surface area contributed by atoms with Gasteiger partial charge in [-0.25, -0.2) is 4.98 Å². The maximum atomic E-state index is 11.2. The maximum Gasteiger partial charge on any atom is 0.251 e. The number of thioether (sulfide) groups is 1. The summed E-state index contributed by atoms with van der Waals surface area (Å²) in [4.78, 5) is 23.9. The number of pyridine rings is 1. The van der Waals surface area contributed by atoms with Crippen LogP contribution in [0.3, 0.4) is 0 Å². The largest absolute Gasteiger partial charge is 0.395 e. The molecule has 34 heavy (non-hydrogen) atoms. The van der Waals surface area contributed by atoms with Gasteiger partial charge in [0.05, 0.1) is 18.0 Å². The third-order valence-corrected chi connectivity index (χ3v) is 7.12. The molecule has 10 heteroatoms. The second kappa shape index (κ2) is 15.2. The molecule has 0 saturated carbocycles. The highest BCUT2D eigenvalue weighted by Gasteiger charge is 2.15. The van der Waals surface area contributed by atoms with Crippen LogP contribution in [-0.4, -0.2) is 66.0 Å². The highest BCUT2D eigenvalue weighted by Crippen LogP contribution is 2.34. The number of aliphatic hydroxyl groups is 1. The number of hydrogen-bond donors (Lipinski definition) is 2. The number of halogens is 1. The number of aliphatic hydroxyl groups excluding tert-OH is 1. The van der Waals surface area contributed by atoms with Crippen LogP contribution in [0.4, 0.5) is 5.82 Å². The number of nitrogens with zero attached hydrogens (tertiary/aromatic N) is 3. The Kier molecular flexibility index (Phi) is 12.7. The van der Waals surface area contributed by atoms with Gasteiger partial charge in [-0.3, -0.25) is 9.79 Å². The molecule has 2 heterocycles. The van der Waals surface area contributed by atoms with Gasteiger partial charge in [0.25, 0.3) is 5.91 Å². The van der Waals surface area contributed by atoms with Crippen LogP contribution in [0, 0.1) is 0 Å². The number of hydrogen-bond acceptors (Lipinski definition) is 8. The molecule has 184 valence electrons. The van der Waals surface area contributed by atoms with Crippen LogP contribution >= 0.6 is 39.5 Å². The summed E-state index contributed by atoms with van der Waals surface area (Å²) in [6.07, 6.45) is 2.43. The zero-order chi connectivity index (χ0) is 24.9. The van der Waals surface area contributed by atoms with Crippen molar-refractivity contribution in [2.75, 3.05) is 39.2 Å². The van der Waals surface area contributed by atoms with E-state index < -0.39 is 6.10 Å². The van der Waals surface area contributed by atoms with Gasteiger partial charge < -0.3 is 20.1 Å². The van der Waals surface area contributed by atoms with Crippen molar-refractivity contribution in [3.05, 3.63) is 58.0 Å². The molecule has 0 fully saturated rings. The van der Waals surface area contributed by atoms with Gasteiger partial charge in [-0.2, -0.15) is 0 Å². The van der Waals surface area contributed by atoms with Crippen molar-refractivity contribution in [1.29, 1.82) is 0 Å². The second-order valence-corrected chi connectivity index (χ2v) is 10.2. The normalized spacial score (nSPS) is 13.7. The Morgan fingerprint density at radius 2 is 2.12 bits per heavy atom. The predicted molar refractivity (Wildman–Crippen MR) is 146 cm³/mol. The van der Waals surface area contributed by atoms with Gasteiger partial charge in [0.1, 0.15) is 11.9 Å². The molecule has 1 aromatic heterocycles. The minimum Gasteiger partial charge on any atom is -0.395 e. The molecule has 0 saturated heterocycles. The Morgan fingerprint density at radius 3 is 2.71 bits per heavy atom. The number of ether oxygens (including phenoxy) is 1. The molecule has 0 aliphatic carbocycles. The maximum absolute atomic E-state index is 11.2. The minimum atomic E-state index is -0.424. The van der Waals surface area contributed by atoms with Gasteiger partial charge in [-0.1, -0.05) is 48.6 Å². The first kappa shape index (κ1) is 28.4. The summed E-state index contributed by atoms with van der Waals surface area (Å²) in [5.41, 5.74) is 1.36. The highest BCUT2D eigenvalue weighted by molar-refractivity contribution is 9.10. The Balaban J connectivity index is 0.000000316. The van der Waals surface area contributed by atoms with Crippen LogP contribution in [0.25, 0.3) is 0 Å². The molecule has 3 rings (SSSR count). The summed E-state index contributed by atoms with van der Waals surface area (Å²) in [7, 11) is 3.11. The molecule has 1 aliphatic rings. The highest BCUT2D eigenvalue weighted by atomic mass is 79.9. The molecule has 1 aromatic carbocycles. The summed E-state index contributed by atoms with van der Waals surface area (Å²) in [6.45, 7) is 4.94. The van der Waals surface area contributed by atoms with Crippen molar-refractivity contribution < 1.29 is 14.6 Å². The quantitative estimate of drug-likeness (QED) is 0.449. The predicted octanol–water partition coefficient (Wildman–Crippen LogP) is 5.28. The molecule has 0 bridgehead atoms. The number of anilines is 1. The van der Waals surface area contributed by atoms with Crippen LogP contribution in [0.1, 0.15) is 20.3 Å². The SMILES string of the molecule is CCC1=CSC(Nc2ncc(Br)cc2Sc2ccccc2)=NC1.COC(C)C(=O)N(C)CCO. The lowest BCUT2D eigenvalue weighted by Gasteiger charge is -2.18. The fourth-order valence-corrected chi connectivity index (χ4v) is 4.86. The first-order valence-corrected chi connectivity index (χ1v) is 13.3. The lowest BCUT2D eigenvalue weighted by molar-refractivity contribution is -0.139. The number of amidine groups is 1. The number of methoxy groups -OCH3 is 1. The zero-order valence-corrected chi connectivity index (χ0v) is 23.0. The van der Waals surface area contributed by atoms with E-state index in [1.807, 2.05) is 18.2 Å². The lowest BCUT2D eigenvalue weighted by Crippen LogP contribution is -2.37. The van der Waals surface area contributed by atoms with Crippen molar-refractivity contribution in [1.82, 2.24) is 9.88 Å². The van der Waals surface area contributed by atoms with Crippen molar-refractivity contribution in [3.63, 3.8) is 0 Å². The summed E-state index contributed by atoms with van der Waals surface area (Å²) >= 11 is 6.82. The van der Waals surface area contributed by atoms with Crippen LogP contribution in [0.5, 0.6) is 0 Å². The molecule has 1 unspecified atom stereocenters. The average Bonchev–Trinajstić information content (AvgIpc) is 2.86. The summed E-state index contributed by atoms with van der Waals surface area (Å²) in [5.74, 6) is 0.725. The number of aliphatic imine (C=N–C) groups is 1. The lowest BCUT2D eigenvalue weighted by atomic mass is 10.2. The average molecular weight is 568 g/mol. The van der Waals surface area contributed by atoms with E-state index in [9.17, 15) is 4.79 Å². The molecule has 1 amide bonds. The number of carbonyl (C=O) groups is 1. The smallest absolute Gasteiger partial charge is 0.251 e. The van der Waals surface area contributed by atoms with Gasteiger partial charge >= 0.3 is 0 Å². The van der Waals surface area contributed by atoms with Crippen LogP contribution in [0.15, 0.2) is 72.8 Å². The zero-order valence-electron chi connectivity index (χ0n) is 19.8. The van der Waals surface area contributed by atoms with Crippen molar-refractivity contribution >= 4 is 56.3 Å². The number of likely N-dealkylation sites (N-methyl/N-ethyl adjacent to an activating group) is 1. The van der Waals surface area contributed by atoms with Gasteiger partial charge in [0, 0.05) is 36.3 Å². The van der Waals surface area contributed by atoms with E-state index in [0.29, 0.717) is 6.54 Å². The molecule has 0 spiro atoms. The Morgan fingerprint density at radius 1 is 1.38 bits per heavy atom. The Hall–Kier alpha value is -1.85. The first-order valence-electron chi connectivity index (χ1n) is 10.8. The number of benzene rings is 1. The number of nitrogens with one attached hydrogen (secondary N) is 1. The molecule has 2 aromatic rings. The standard InChI is InChI=1S/C17H16BrN3S2.C7H15NO3/c1-2-12-9-20-17(22-11-12)21-16-15(8-13(18)10-19-16)23-14-6-4-3-5-7-14;1-6(11-3)7(10)8(2)4-5-9/h3-8,10-11H,2,9H2,1H3,(H,19,20,21);6,9H,4-5H2,1-3H3. The van der Waals surface area contributed by atoms with E-state index in [0.717, 1.165) is 33.3 Å². The van der Waals surface area contributed by atoms with Gasteiger partial charge in [0.2, 0.25) is 0 Å². The van der Waals surface area contributed by atoms with Crippen molar-refractivity contribution in [2.45, 2.75) is 36.2 Å². The number of aromatic nitrogens is 1. The third kappa shape index (κ3) is 9.42. The van der Waals surface area contributed by atoms with E-state index in [1.165, 1.54) is 22.5 Å². The summed E-state index contributed by atoms with van der Waals surface area (Å²) in [6, 6.07) is 12.4.